The number of aliphatic hydroxyl groups excluding tert-OH is 2. The molecule has 6 heteroatoms. The fourth-order valence-electron chi connectivity index (χ4n) is 11.6. The summed E-state index contributed by atoms with van der Waals surface area (Å²) >= 11 is 0. The van der Waals surface area contributed by atoms with Crippen molar-refractivity contribution in [1.29, 1.82) is 0 Å². The van der Waals surface area contributed by atoms with Gasteiger partial charge >= 0.3 is 5.97 Å². The fraction of sp³-hybridized carbons (Fsp3) is 0.931. The topological polar surface area (TPSA) is 104 Å². The molecule has 0 aromatic rings. The van der Waals surface area contributed by atoms with Gasteiger partial charge in [-0.3, -0.25) is 9.59 Å². The molecular weight excluding hydrogens is 444 g/mol. The Morgan fingerprint density at radius 2 is 1.40 bits per heavy atom. The van der Waals surface area contributed by atoms with Crippen molar-refractivity contribution in [2.75, 3.05) is 0 Å². The summed E-state index contributed by atoms with van der Waals surface area (Å²) in [6.07, 6.45) is 4.63. The van der Waals surface area contributed by atoms with Gasteiger partial charge in [0, 0.05) is 17.3 Å². The summed E-state index contributed by atoms with van der Waals surface area (Å²) in [7, 11) is 0. The molecule has 1 heterocycles. The third-order valence-corrected chi connectivity index (χ3v) is 14.0. The van der Waals surface area contributed by atoms with E-state index in [0.29, 0.717) is 18.8 Å². The molecule has 1 spiro atoms. The van der Waals surface area contributed by atoms with Crippen LogP contribution in [-0.4, -0.2) is 45.1 Å². The Bertz CT molecular complexity index is 996. The lowest BCUT2D eigenvalue weighted by atomic mass is 9.30. The molecule has 3 N–H and O–H groups in total. The second kappa shape index (κ2) is 6.71. The Morgan fingerprint density at radius 1 is 0.800 bits per heavy atom. The van der Waals surface area contributed by atoms with Crippen LogP contribution >= 0.6 is 0 Å². The minimum Gasteiger partial charge on any atom is -0.430 e. The summed E-state index contributed by atoms with van der Waals surface area (Å²) in [4.78, 5) is 26.2. The number of aliphatic hydroxyl groups is 3. The smallest absolute Gasteiger partial charge is 0.315 e. The van der Waals surface area contributed by atoms with Gasteiger partial charge in [0.05, 0.1) is 5.41 Å². The highest BCUT2D eigenvalue weighted by molar-refractivity contribution is 5.86. The maximum absolute atomic E-state index is 13.4. The first-order chi connectivity index (χ1) is 16.1. The predicted molar refractivity (Wildman–Crippen MR) is 129 cm³/mol. The molecular formula is C29H44O6. The summed E-state index contributed by atoms with van der Waals surface area (Å²) in [6, 6.07) is 0. The Balaban J connectivity index is 1.43. The van der Waals surface area contributed by atoms with E-state index in [0.717, 1.165) is 38.5 Å². The van der Waals surface area contributed by atoms with Crippen LogP contribution in [0.2, 0.25) is 0 Å². The highest BCUT2D eigenvalue weighted by Crippen LogP contribution is 2.79. The Hall–Kier alpha value is -0.980. The third-order valence-electron chi connectivity index (χ3n) is 14.0. The minimum atomic E-state index is -1.77. The summed E-state index contributed by atoms with van der Waals surface area (Å²) in [5.41, 5.74) is -1.26. The van der Waals surface area contributed by atoms with Crippen LogP contribution < -0.4 is 0 Å². The number of fused-ring (bicyclic) bond motifs is 7. The van der Waals surface area contributed by atoms with Crippen LogP contribution in [0.4, 0.5) is 0 Å². The van der Waals surface area contributed by atoms with E-state index in [1.165, 1.54) is 0 Å². The van der Waals surface area contributed by atoms with E-state index in [1.807, 2.05) is 13.8 Å². The molecule has 0 aromatic heterocycles. The van der Waals surface area contributed by atoms with Crippen LogP contribution in [0.15, 0.2) is 0 Å². The largest absolute Gasteiger partial charge is 0.430 e. The normalized spacial score (nSPS) is 63.4. The van der Waals surface area contributed by atoms with Crippen molar-refractivity contribution in [3.63, 3.8) is 0 Å². The van der Waals surface area contributed by atoms with Gasteiger partial charge in [0.2, 0.25) is 5.79 Å². The van der Waals surface area contributed by atoms with Crippen molar-refractivity contribution in [3.8, 4) is 0 Å². The predicted octanol–water partition coefficient (Wildman–Crippen LogP) is 3.84. The van der Waals surface area contributed by atoms with Gasteiger partial charge in [-0.25, -0.2) is 0 Å². The van der Waals surface area contributed by atoms with Gasteiger partial charge in [-0.05, 0) is 85.4 Å². The molecule has 5 saturated carbocycles. The molecule has 1 saturated heterocycles. The Morgan fingerprint density at radius 3 is 2.06 bits per heavy atom. The number of carbonyl (C=O) groups excluding carboxylic acids is 2. The van der Waals surface area contributed by atoms with Crippen LogP contribution in [0.5, 0.6) is 0 Å². The van der Waals surface area contributed by atoms with Gasteiger partial charge in [-0.1, -0.05) is 41.5 Å². The van der Waals surface area contributed by atoms with E-state index in [4.69, 9.17) is 4.74 Å². The average molecular weight is 489 g/mol. The van der Waals surface area contributed by atoms with Crippen molar-refractivity contribution in [2.24, 2.45) is 56.7 Å². The molecule has 1 aliphatic heterocycles. The van der Waals surface area contributed by atoms with Gasteiger partial charge < -0.3 is 20.1 Å². The molecule has 0 radical (unpaired) electrons. The van der Waals surface area contributed by atoms with E-state index >= 15 is 0 Å². The molecule has 13 atom stereocenters. The number of ether oxygens (including phenoxy) is 1. The zero-order chi connectivity index (χ0) is 25.6. The van der Waals surface area contributed by atoms with Crippen LogP contribution in [-0.2, 0) is 14.3 Å². The SMILES string of the molecule is C[C@@H]1C[C@@H]2[C@@](C)(CC[C@]3(C)[C@H]4CC[C@@]56C(=O)O[C@@](O)([C@@H](O)C[C@H]5[C@]4(C)CC[C@@]23C)[C@@H]6C)[C@H](O)C1=O. The number of rotatable bonds is 0. The quantitative estimate of drug-likeness (QED) is 0.448. The molecule has 6 nitrogen and oxygen atoms in total. The standard InChI is InChI=1S/C29H44O6/c1-15-13-18-25(4,22(32)21(15)31)10-12-26(5)17-7-8-28-16(2)29(34,35-23(28)33)20(30)14-19(28)24(17,3)9-11-27(18,26)6/h15-20,22,30,32,34H,7-14H2,1-6H3/t15-,16-,17+,18-,19+,20+,22-,24-,25-,26-,27+,28+,29-/m1/s1. The fourth-order valence-corrected chi connectivity index (χ4v) is 11.6. The molecule has 6 fully saturated rings. The van der Waals surface area contributed by atoms with Gasteiger partial charge in [0.15, 0.2) is 5.78 Å². The number of ketones is 1. The first-order valence-corrected chi connectivity index (χ1v) is 14.0. The van der Waals surface area contributed by atoms with Crippen molar-refractivity contribution >= 4 is 11.8 Å². The summed E-state index contributed by atoms with van der Waals surface area (Å²) < 4.78 is 5.56. The second-order valence-electron chi connectivity index (χ2n) is 14.6. The first-order valence-electron chi connectivity index (χ1n) is 14.0. The lowest BCUT2D eigenvalue weighted by molar-refractivity contribution is -0.292. The number of hydrogen-bond donors (Lipinski definition) is 3. The summed E-state index contributed by atoms with van der Waals surface area (Å²) in [6.45, 7) is 13.2. The third kappa shape index (κ3) is 2.40. The zero-order valence-electron chi connectivity index (χ0n) is 22.3. The van der Waals surface area contributed by atoms with E-state index in [1.54, 1.807) is 0 Å². The molecule has 0 amide bonds. The van der Waals surface area contributed by atoms with Gasteiger partial charge in [0.1, 0.15) is 12.2 Å². The maximum Gasteiger partial charge on any atom is 0.315 e. The molecule has 196 valence electrons. The van der Waals surface area contributed by atoms with Crippen molar-refractivity contribution in [1.82, 2.24) is 0 Å². The van der Waals surface area contributed by atoms with Crippen LogP contribution in [0.3, 0.4) is 0 Å². The van der Waals surface area contributed by atoms with E-state index in [9.17, 15) is 24.9 Å². The summed E-state index contributed by atoms with van der Waals surface area (Å²) in [5.74, 6) is -2.00. The van der Waals surface area contributed by atoms with Crippen LogP contribution in [0.25, 0.3) is 0 Å². The molecule has 6 aliphatic rings. The first kappa shape index (κ1) is 24.4. The minimum absolute atomic E-state index is 0.00798. The Labute approximate surface area is 209 Å². The maximum atomic E-state index is 13.4. The molecule has 35 heavy (non-hydrogen) atoms. The van der Waals surface area contributed by atoms with E-state index in [-0.39, 0.29) is 51.2 Å². The molecule has 2 bridgehead atoms. The van der Waals surface area contributed by atoms with Crippen LogP contribution in [0.1, 0.15) is 92.9 Å². The average Bonchev–Trinajstić information content (AvgIpc) is 2.93. The lowest BCUT2D eigenvalue weighted by Crippen LogP contribution is -2.71. The van der Waals surface area contributed by atoms with Crippen LogP contribution in [0, 0.1) is 56.7 Å². The van der Waals surface area contributed by atoms with Crippen molar-refractivity contribution < 1.29 is 29.6 Å². The highest BCUT2D eigenvalue weighted by atomic mass is 16.7. The number of carbonyl (C=O) groups is 2. The molecule has 5 aliphatic carbocycles. The molecule has 0 aromatic carbocycles. The van der Waals surface area contributed by atoms with Gasteiger partial charge in [-0.2, -0.15) is 0 Å². The molecule has 0 unspecified atom stereocenters. The summed E-state index contributed by atoms with van der Waals surface area (Å²) in [5, 5.41) is 33.3. The number of Topliss-reactive ketones (excluding diaryl/α,β-unsaturated/α-hetero) is 1. The van der Waals surface area contributed by atoms with E-state index in [2.05, 4.69) is 27.7 Å². The Kier molecular flexibility index (Phi) is 4.67. The highest BCUT2D eigenvalue weighted by Gasteiger charge is 2.79. The number of esters is 1. The monoisotopic (exact) mass is 488 g/mol. The van der Waals surface area contributed by atoms with Crippen molar-refractivity contribution in [3.05, 3.63) is 0 Å². The second-order valence-corrected chi connectivity index (χ2v) is 14.6. The van der Waals surface area contributed by atoms with Gasteiger partial charge in [-0.15, -0.1) is 0 Å². The van der Waals surface area contributed by atoms with Gasteiger partial charge in [0.25, 0.3) is 0 Å². The van der Waals surface area contributed by atoms with Crippen molar-refractivity contribution in [2.45, 2.75) is 111 Å². The molecule has 6 rings (SSSR count). The number of hydrogen-bond acceptors (Lipinski definition) is 6. The zero-order valence-corrected chi connectivity index (χ0v) is 22.3. The van der Waals surface area contributed by atoms with E-state index < -0.39 is 29.3 Å². The lowest BCUT2D eigenvalue weighted by Gasteiger charge is -2.74.